The van der Waals surface area contributed by atoms with Gasteiger partial charge < -0.3 is 20.5 Å². The maximum absolute atomic E-state index is 12.3. The molecule has 4 amide bonds. The van der Waals surface area contributed by atoms with E-state index in [2.05, 4.69) is 26.6 Å². The van der Waals surface area contributed by atoms with Crippen molar-refractivity contribution >= 4 is 33.8 Å². The Bertz CT molecular complexity index is 653. The number of aliphatic hydroxyl groups is 1. The molecule has 0 radical (unpaired) electrons. The van der Waals surface area contributed by atoms with Crippen LogP contribution in [-0.4, -0.2) is 67.3 Å². The SMILES string of the molecule is O=C(NCCCN1C(=O)c2ccc(Br)cc2C1=O)NCCOCCO. The third-order valence-electron chi connectivity index (χ3n) is 3.54. The highest BCUT2D eigenvalue weighted by atomic mass is 79.9. The van der Waals surface area contributed by atoms with Gasteiger partial charge in [-0.15, -0.1) is 0 Å². The highest BCUT2D eigenvalue weighted by Gasteiger charge is 2.34. The van der Waals surface area contributed by atoms with Crippen molar-refractivity contribution in [1.82, 2.24) is 15.5 Å². The zero-order valence-corrected chi connectivity index (χ0v) is 15.2. The van der Waals surface area contributed by atoms with Gasteiger partial charge in [0.05, 0.1) is 30.9 Å². The summed E-state index contributed by atoms with van der Waals surface area (Å²) >= 11 is 3.29. The molecule has 0 saturated heterocycles. The minimum atomic E-state index is -0.348. The van der Waals surface area contributed by atoms with Crippen LogP contribution in [0.4, 0.5) is 4.79 Å². The standard InChI is InChI=1S/C16H20BrN3O5/c17-11-2-3-12-13(10-11)15(23)20(14(12)22)6-1-4-18-16(24)19-5-8-25-9-7-21/h2-3,10,21H,1,4-9H2,(H2,18,19,24). The Labute approximate surface area is 153 Å². The van der Waals surface area contributed by atoms with Crippen molar-refractivity contribution in [1.29, 1.82) is 0 Å². The molecule has 1 heterocycles. The van der Waals surface area contributed by atoms with Crippen molar-refractivity contribution in [3.8, 4) is 0 Å². The molecule has 0 fully saturated rings. The van der Waals surface area contributed by atoms with Crippen molar-refractivity contribution in [3.05, 3.63) is 33.8 Å². The summed E-state index contributed by atoms with van der Waals surface area (Å²) in [4.78, 5) is 37.2. The Morgan fingerprint density at radius 3 is 2.60 bits per heavy atom. The van der Waals surface area contributed by atoms with Gasteiger partial charge in [-0.3, -0.25) is 14.5 Å². The van der Waals surface area contributed by atoms with Gasteiger partial charge in [0.15, 0.2) is 0 Å². The van der Waals surface area contributed by atoms with E-state index >= 15 is 0 Å². The van der Waals surface area contributed by atoms with Crippen LogP contribution in [0.5, 0.6) is 0 Å². The molecule has 1 aromatic carbocycles. The summed E-state index contributed by atoms with van der Waals surface area (Å²) in [6.45, 7) is 1.41. The van der Waals surface area contributed by atoms with Crippen molar-refractivity contribution in [2.24, 2.45) is 0 Å². The number of benzene rings is 1. The fourth-order valence-corrected chi connectivity index (χ4v) is 2.73. The fourth-order valence-electron chi connectivity index (χ4n) is 2.37. The molecule has 2 rings (SSSR count). The summed E-state index contributed by atoms with van der Waals surface area (Å²) in [7, 11) is 0. The second-order valence-electron chi connectivity index (χ2n) is 5.32. The third kappa shape index (κ3) is 5.25. The molecule has 0 atom stereocenters. The van der Waals surface area contributed by atoms with E-state index in [1.54, 1.807) is 18.2 Å². The summed E-state index contributed by atoms with van der Waals surface area (Å²) in [5.74, 6) is -0.621. The minimum Gasteiger partial charge on any atom is -0.394 e. The molecule has 0 spiro atoms. The van der Waals surface area contributed by atoms with Crippen LogP contribution in [0, 0.1) is 0 Å². The molecule has 1 aliphatic heterocycles. The first-order valence-corrected chi connectivity index (χ1v) is 8.70. The zero-order valence-electron chi connectivity index (χ0n) is 13.6. The number of imide groups is 1. The van der Waals surface area contributed by atoms with Crippen LogP contribution >= 0.6 is 15.9 Å². The van der Waals surface area contributed by atoms with Gasteiger partial charge >= 0.3 is 6.03 Å². The molecule has 25 heavy (non-hydrogen) atoms. The number of fused-ring (bicyclic) bond motifs is 1. The van der Waals surface area contributed by atoms with Crippen LogP contribution in [0.1, 0.15) is 27.1 Å². The summed E-state index contributed by atoms with van der Waals surface area (Å²) in [5.41, 5.74) is 0.801. The number of hydrogen-bond donors (Lipinski definition) is 3. The minimum absolute atomic E-state index is 0.0546. The number of carbonyl (C=O) groups excluding carboxylic acids is 3. The van der Waals surface area contributed by atoms with E-state index in [1.807, 2.05) is 0 Å². The van der Waals surface area contributed by atoms with Crippen LogP contribution in [0.3, 0.4) is 0 Å². The first kappa shape index (κ1) is 19.4. The van der Waals surface area contributed by atoms with E-state index in [-0.39, 0.29) is 37.6 Å². The van der Waals surface area contributed by atoms with E-state index < -0.39 is 0 Å². The van der Waals surface area contributed by atoms with E-state index in [1.165, 1.54) is 4.90 Å². The van der Waals surface area contributed by atoms with E-state index in [9.17, 15) is 14.4 Å². The third-order valence-corrected chi connectivity index (χ3v) is 4.04. The molecule has 0 bridgehead atoms. The van der Waals surface area contributed by atoms with E-state index in [4.69, 9.17) is 9.84 Å². The summed E-state index contributed by atoms with van der Waals surface area (Å²) < 4.78 is 5.76. The maximum Gasteiger partial charge on any atom is 0.314 e. The number of aliphatic hydroxyl groups excluding tert-OH is 1. The van der Waals surface area contributed by atoms with Crippen LogP contribution in [-0.2, 0) is 4.74 Å². The second kappa shape index (κ2) is 9.50. The predicted octanol–water partition coefficient (Wildman–Crippen LogP) is 0.743. The Morgan fingerprint density at radius 1 is 1.12 bits per heavy atom. The van der Waals surface area contributed by atoms with Crippen LogP contribution in [0.2, 0.25) is 0 Å². The molecule has 3 N–H and O–H groups in total. The number of rotatable bonds is 9. The average Bonchev–Trinajstić information content (AvgIpc) is 2.82. The predicted molar refractivity (Wildman–Crippen MR) is 93.4 cm³/mol. The van der Waals surface area contributed by atoms with E-state index in [0.29, 0.717) is 37.2 Å². The first-order chi connectivity index (χ1) is 12.0. The molecule has 0 aromatic heterocycles. The van der Waals surface area contributed by atoms with Crippen molar-refractivity contribution in [3.63, 3.8) is 0 Å². The molecule has 0 aliphatic carbocycles. The number of ether oxygens (including phenoxy) is 1. The number of nitrogens with zero attached hydrogens (tertiary/aromatic N) is 1. The maximum atomic E-state index is 12.3. The molecule has 136 valence electrons. The summed E-state index contributed by atoms with van der Waals surface area (Å²) in [6, 6.07) is 4.65. The second-order valence-corrected chi connectivity index (χ2v) is 6.24. The van der Waals surface area contributed by atoms with Gasteiger partial charge in [-0.2, -0.15) is 0 Å². The van der Waals surface area contributed by atoms with Gasteiger partial charge in [0.2, 0.25) is 0 Å². The summed E-state index contributed by atoms with van der Waals surface area (Å²) in [6.07, 6.45) is 0.459. The Balaban J connectivity index is 1.68. The van der Waals surface area contributed by atoms with Crippen molar-refractivity contribution in [2.75, 3.05) is 39.5 Å². The Hall–Kier alpha value is -1.97. The van der Waals surface area contributed by atoms with Crippen LogP contribution < -0.4 is 10.6 Å². The smallest absolute Gasteiger partial charge is 0.314 e. The Kier molecular flexibility index (Phi) is 7.35. The molecular weight excluding hydrogens is 394 g/mol. The lowest BCUT2D eigenvalue weighted by Gasteiger charge is -2.14. The molecule has 0 unspecified atom stereocenters. The zero-order chi connectivity index (χ0) is 18.2. The number of hydrogen-bond acceptors (Lipinski definition) is 5. The fraction of sp³-hybridized carbons (Fsp3) is 0.438. The van der Waals surface area contributed by atoms with Crippen molar-refractivity contribution in [2.45, 2.75) is 6.42 Å². The quantitative estimate of drug-likeness (QED) is 0.408. The highest BCUT2D eigenvalue weighted by Crippen LogP contribution is 2.25. The van der Waals surface area contributed by atoms with Gasteiger partial charge in [0.25, 0.3) is 11.8 Å². The van der Waals surface area contributed by atoms with Crippen molar-refractivity contribution < 1.29 is 24.2 Å². The number of urea groups is 1. The average molecular weight is 414 g/mol. The highest BCUT2D eigenvalue weighted by molar-refractivity contribution is 9.10. The molecule has 8 nitrogen and oxygen atoms in total. The van der Waals surface area contributed by atoms with Crippen LogP contribution in [0.15, 0.2) is 22.7 Å². The van der Waals surface area contributed by atoms with Gasteiger partial charge in [0, 0.05) is 24.1 Å². The molecule has 0 saturated carbocycles. The molecule has 1 aromatic rings. The number of carbonyl (C=O) groups is 3. The molecular formula is C16H20BrN3O5. The topological polar surface area (TPSA) is 108 Å². The molecule has 1 aliphatic rings. The van der Waals surface area contributed by atoms with Crippen LogP contribution in [0.25, 0.3) is 0 Å². The van der Waals surface area contributed by atoms with Gasteiger partial charge in [-0.1, -0.05) is 15.9 Å². The van der Waals surface area contributed by atoms with Gasteiger partial charge in [-0.05, 0) is 24.6 Å². The monoisotopic (exact) mass is 413 g/mol. The number of halogens is 1. The van der Waals surface area contributed by atoms with Gasteiger partial charge in [0.1, 0.15) is 0 Å². The largest absolute Gasteiger partial charge is 0.394 e. The lowest BCUT2D eigenvalue weighted by Crippen LogP contribution is -2.39. The van der Waals surface area contributed by atoms with E-state index in [0.717, 1.165) is 4.47 Å². The number of nitrogens with one attached hydrogen (secondary N) is 2. The van der Waals surface area contributed by atoms with Gasteiger partial charge in [-0.25, -0.2) is 4.79 Å². The lowest BCUT2D eigenvalue weighted by atomic mass is 10.1. The Morgan fingerprint density at radius 2 is 1.84 bits per heavy atom. The lowest BCUT2D eigenvalue weighted by molar-refractivity contribution is 0.0653. The summed E-state index contributed by atoms with van der Waals surface area (Å²) in [5, 5.41) is 13.8. The first-order valence-electron chi connectivity index (χ1n) is 7.90. The molecule has 9 heteroatoms. The number of amides is 4. The normalized spacial score (nSPS) is 13.1.